The molecule has 4 heterocycles. The Morgan fingerprint density at radius 1 is 0.477 bits per heavy atom. The molecule has 0 N–H and O–H groups in total. The maximum absolute atomic E-state index is 5.07. The van der Waals surface area contributed by atoms with E-state index in [4.69, 9.17) is 9.97 Å². The smallest absolute Gasteiger partial charge is 0.660 e. The van der Waals surface area contributed by atoms with E-state index >= 15 is 0 Å². The third kappa shape index (κ3) is 8.46. The molecule has 0 aliphatic carbocycles. The van der Waals surface area contributed by atoms with Crippen molar-refractivity contribution < 1.29 is 16.8 Å². The molecular weight excluding hydrogens is 583 g/mol. The summed E-state index contributed by atoms with van der Waals surface area (Å²) in [6, 6.07) is 29.0. The number of pyridine rings is 2. The molecule has 227 valence electrons. The molecule has 44 heavy (non-hydrogen) atoms. The molecule has 0 atom stereocenters. The van der Waals surface area contributed by atoms with Gasteiger partial charge in [0, 0.05) is 24.8 Å². The van der Waals surface area contributed by atoms with Gasteiger partial charge in [-0.2, -0.15) is 11.4 Å². The Kier molecular flexibility index (Phi) is 12.1. The largest absolute Gasteiger partial charge is 2.00 e. The fourth-order valence-electron chi connectivity index (χ4n) is 5.62. The van der Waals surface area contributed by atoms with Crippen LogP contribution in [0.3, 0.4) is 0 Å². The summed E-state index contributed by atoms with van der Waals surface area (Å²) >= 11 is 0. The molecule has 0 aliphatic rings. The Balaban J connectivity index is 0.000000337. The van der Waals surface area contributed by atoms with E-state index in [-0.39, 0.29) is 22.2 Å². The van der Waals surface area contributed by atoms with Crippen LogP contribution in [-0.4, -0.2) is 9.97 Å². The molecule has 4 nitrogen and oxygen atoms in total. The van der Waals surface area contributed by atoms with Crippen molar-refractivity contribution in [2.45, 2.75) is 60.8 Å². The molecule has 6 aromatic rings. The molecular formula is C39H42CoN4. The first-order valence-corrected chi connectivity index (χ1v) is 14.7. The second-order valence-electron chi connectivity index (χ2n) is 11.7. The third-order valence-corrected chi connectivity index (χ3v) is 7.56. The van der Waals surface area contributed by atoms with Gasteiger partial charge in [0.05, 0.1) is 0 Å². The molecule has 5 heteroatoms. The van der Waals surface area contributed by atoms with Crippen molar-refractivity contribution >= 4 is 0 Å². The van der Waals surface area contributed by atoms with Gasteiger partial charge >= 0.3 is 16.8 Å². The second kappa shape index (κ2) is 15.5. The van der Waals surface area contributed by atoms with Gasteiger partial charge in [-0.1, -0.05) is 85.6 Å². The average molecular weight is 626 g/mol. The van der Waals surface area contributed by atoms with Crippen molar-refractivity contribution in [3.05, 3.63) is 154 Å². The van der Waals surface area contributed by atoms with Crippen LogP contribution in [-0.2, 0) is 22.2 Å². The fourth-order valence-corrected chi connectivity index (χ4v) is 5.62. The van der Waals surface area contributed by atoms with Crippen LogP contribution in [0.2, 0.25) is 0 Å². The van der Waals surface area contributed by atoms with Crippen LogP contribution in [0.4, 0.5) is 0 Å². The van der Waals surface area contributed by atoms with Gasteiger partial charge in [-0.3, -0.25) is 9.97 Å². The number of benzene rings is 2. The van der Waals surface area contributed by atoms with E-state index in [1.165, 1.54) is 44.5 Å². The monoisotopic (exact) mass is 625 g/mol. The van der Waals surface area contributed by atoms with Gasteiger partial charge in [-0.05, 0) is 105 Å². The van der Waals surface area contributed by atoms with E-state index in [9.17, 15) is 0 Å². The van der Waals surface area contributed by atoms with Crippen LogP contribution < -0.4 is 9.97 Å². The van der Waals surface area contributed by atoms with Crippen molar-refractivity contribution in [3.63, 3.8) is 0 Å². The van der Waals surface area contributed by atoms with E-state index in [0.29, 0.717) is 0 Å². The molecule has 1 radical (unpaired) electrons. The number of hydrogen-bond acceptors (Lipinski definition) is 2. The Hall–Kier alpha value is -4.19. The quantitative estimate of drug-likeness (QED) is 0.196. The summed E-state index contributed by atoms with van der Waals surface area (Å²) in [6.45, 7) is 17.4. The van der Waals surface area contributed by atoms with E-state index in [2.05, 4.69) is 114 Å². The number of rotatable bonds is 4. The van der Waals surface area contributed by atoms with Gasteiger partial charge in [0.2, 0.25) is 0 Å². The first kappa shape index (κ1) is 34.3. The van der Waals surface area contributed by atoms with Crippen molar-refractivity contribution in [2.75, 3.05) is 0 Å². The molecule has 0 saturated carbocycles. The SMILES string of the molecule is Cc1cc(C)c(-c2ccc(C(C)(C)c3ccc(-c4c(C)cc(C)cc4C)[n-]3)[n-]2)c(C)c1.[Co+2].c1ccncc1.c1ccncc1. The van der Waals surface area contributed by atoms with Crippen molar-refractivity contribution in [1.29, 1.82) is 0 Å². The number of aryl methyl sites for hydroxylation is 6. The first-order chi connectivity index (χ1) is 20.6. The van der Waals surface area contributed by atoms with Crippen molar-refractivity contribution in [1.82, 2.24) is 19.9 Å². The molecule has 0 spiro atoms. The van der Waals surface area contributed by atoms with Gasteiger partial charge in [0.1, 0.15) is 0 Å². The molecule has 0 bridgehead atoms. The van der Waals surface area contributed by atoms with E-state index < -0.39 is 0 Å². The number of hydrogen-bond donors (Lipinski definition) is 0. The minimum atomic E-state index is -0.268. The zero-order valence-corrected chi connectivity index (χ0v) is 28.1. The minimum absolute atomic E-state index is 0. The Bertz CT molecular complexity index is 1520. The van der Waals surface area contributed by atoms with Crippen LogP contribution in [0.1, 0.15) is 58.6 Å². The predicted molar refractivity (Wildman–Crippen MR) is 179 cm³/mol. The number of aromatic nitrogens is 4. The summed E-state index contributed by atoms with van der Waals surface area (Å²) in [6.07, 6.45) is 7.00. The van der Waals surface area contributed by atoms with Gasteiger partial charge in [0.25, 0.3) is 0 Å². The van der Waals surface area contributed by atoms with Gasteiger partial charge in [-0.25, -0.2) is 0 Å². The Morgan fingerprint density at radius 2 is 0.795 bits per heavy atom. The second-order valence-corrected chi connectivity index (χ2v) is 11.7. The molecule has 6 rings (SSSR count). The molecule has 0 fully saturated rings. The Morgan fingerprint density at radius 3 is 1.05 bits per heavy atom. The minimum Gasteiger partial charge on any atom is -0.660 e. The summed E-state index contributed by atoms with van der Waals surface area (Å²) in [7, 11) is 0. The van der Waals surface area contributed by atoms with Gasteiger partial charge in [-0.15, -0.1) is 11.4 Å². The molecule has 4 aromatic heterocycles. The molecule has 0 aliphatic heterocycles. The average Bonchev–Trinajstić information content (AvgIpc) is 3.66. The molecule has 0 unspecified atom stereocenters. The summed E-state index contributed by atoms with van der Waals surface area (Å²) in [5, 5.41) is 0. The topological polar surface area (TPSA) is 54.0 Å². The van der Waals surface area contributed by atoms with Crippen LogP contribution >= 0.6 is 0 Å². The predicted octanol–water partition coefficient (Wildman–Crippen LogP) is 9.27. The maximum Gasteiger partial charge on any atom is 2.00 e. The molecule has 2 aromatic carbocycles. The first-order valence-electron chi connectivity index (χ1n) is 14.7. The standard InChI is InChI=1S/C29H32N2.2C5H5N.Co/c1-17-13-19(3)27(20(4)14-17)23-9-11-25(30-23)29(7,8)26-12-10-24(31-26)28-21(5)15-18(2)16-22(28)6;2*1-2-4-6-5-3-1;/h9-16H,1-8H3;2*1-5H;/q-2;;;+2. The van der Waals surface area contributed by atoms with Crippen LogP contribution in [0, 0.1) is 41.5 Å². The number of nitrogens with zero attached hydrogens (tertiary/aromatic N) is 4. The summed E-state index contributed by atoms with van der Waals surface area (Å²) in [5.41, 5.74) is 14.1. The van der Waals surface area contributed by atoms with Crippen LogP contribution in [0.15, 0.2) is 110 Å². The zero-order chi connectivity index (χ0) is 31.0. The third-order valence-electron chi connectivity index (χ3n) is 7.56. The van der Waals surface area contributed by atoms with Crippen LogP contribution in [0.5, 0.6) is 0 Å². The normalized spacial score (nSPS) is 10.5. The Labute approximate surface area is 273 Å². The molecule has 0 amide bonds. The van der Waals surface area contributed by atoms with Gasteiger partial charge in [0.15, 0.2) is 0 Å². The van der Waals surface area contributed by atoms with E-state index in [1.54, 1.807) is 24.8 Å². The van der Waals surface area contributed by atoms with E-state index in [0.717, 1.165) is 22.8 Å². The molecule has 0 saturated heterocycles. The van der Waals surface area contributed by atoms with Crippen LogP contribution in [0.25, 0.3) is 22.5 Å². The summed E-state index contributed by atoms with van der Waals surface area (Å²) < 4.78 is 0. The van der Waals surface area contributed by atoms with E-state index in [1.807, 2.05) is 36.4 Å². The fraction of sp³-hybridized carbons (Fsp3) is 0.231. The van der Waals surface area contributed by atoms with Gasteiger partial charge < -0.3 is 9.97 Å². The zero-order valence-electron chi connectivity index (χ0n) is 27.0. The van der Waals surface area contributed by atoms with Crippen molar-refractivity contribution in [3.8, 4) is 22.5 Å². The summed E-state index contributed by atoms with van der Waals surface area (Å²) in [4.78, 5) is 17.7. The summed E-state index contributed by atoms with van der Waals surface area (Å²) in [5.74, 6) is 0. The maximum atomic E-state index is 5.07. The van der Waals surface area contributed by atoms with Crippen molar-refractivity contribution in [2.24, 2.45) is 0 Å².